The van der Waals surface area contributed by atoms with E-state index in [9.17, 15) is 4.79 Å². The number of nitrogens with two attached hydrogens (primary N) is 1. The molecule has 0 aromatic heterocycles. The van der Waals surface area contributed by atoms with Crippen molar-refractivity contribution in [3.05, 3.63) is 58.7 Å². The van der Waals surface area contributed by atoms with E-state index in [2.05, 4.69) is 0 Å². The van der Waals surface area contributed by atoms with Crippen molar-refractivity contribution in [1.82, 2.24) is 0 Å². The summed E-state index contributed by atoms with van der Waals surface area (Å²) < 4.78 is 5.20. The zero-order valence-electron chi connectivity index (χ0n) is 10.8. The second-order valence-electron chi connectivity index (χ2n) is 4.77. The summed E-state index contributed by atoms with van der Waals surface area (Å²) in [6.45, 7) is 0. The molecular formula is C16H15NO2. The number of ether oxygens (including phenoxy) is 1. The average Bonchev–Trinajstić information content (AvgIpc) is 2.56. The summed E-state index contributed by atoms with van der Waals surface area (Å²) in [5, 5.41) is 0. The Morgan fingerprint density at radius 2 is 1.79 bits per heavy atom. The first-order valence-electron chi connectivity index (χ1n) is 6.29. The summed E-state index contributed by atoms with van der Waals surface area (Å²) in [6.07, 6.45) is 1.69. The fourth-order valence-corrected chi connectivity index (χ4v) is 2.57. The molecule has 2 aromatic rings. The number of ketones is 1. The van der Waals surface area contributed by atoms with Crippen LogP contribution in [0.3, 0.4) is 0 Å². The summed E-state index contributed by atoms with van der Waals surface area (Å²) in [4.78, 5) is 12.6. The van der Waals surface area contributed by atoms with Crippen LogP contribution >= 0.6 is 0 Å². The molecule has 0 heterocycles. The van der Waals surface area contributed by atoms with Crippen LogP contribution in [0.5, 0.6) is 5.75 Å². The van der Waals surface area contributed by atoms with E-state index in [4.69, 9.17) is 10.5 Å². The Hall–Kier alpha value is -2.29. The maximum atomic E-state index is 12.6. The molecule has 2 aromatic carbocycles. The highest BCUT2D eigenvalue weighted by Gasteiger charge is 2.21. The zero-order valence-corrected chi connectivity index (χ0v) is 10.8. The third kappa shape index (κ3) is 1.97. The predicted octanol–water partition coefficient (Wildman–Crippen LogP) is 2.61. The molecule has 2 N–H and O–H groups in total. The van der Waals surface area contributed by atoms with Gasteiger partial charge in [0, 0.05) is 16.8 Å². The van der Waals surface area contributed by atoms with Gasteiger partial charge in [-0.3, -0.25) is 4.79 Å². The van der Waals surface area contributed by atoms with Crippen LogP contribution in [0.15, 0.2) is 36.4 Å². The number of fused-ring (bicyclic) bond motifs is 2. The predicted molar refractivity (Wildman–Crippen MR) is 74.7 cm³/mol. The Labute approximate surface area is 112 Å². The van der Waals surface area contributed by atoms with Crippen LogP contribution < -0.4 is 10.5 Å². The van der Waals surface area contributed by atoms with Crippen LogP contribution in [0.2, 0.25) is 0 Å². The van der Waals surface area contributed by atoms with Crippen molar-refractivity contribution in [3.8, 4) is 5.75 Å². The third-order valence-corrected chi connectivity index (χ3v) is 3.60. The molecule has 0 atom stereocenters. The van der Waals surface area contributed by atoms with Crippen LogP contribution in [0.4, 0.5) is 5.69 Å². The smallest absolute Gasteiger partial charge is 0.193 e. The van der Waals surface area contributed by atoms with Crippen molar-refractivity contribution in [2.45, 2.75) is 12.8 Å². The second-order valence-corrected chi connectivity index (χ2v) is 4.77. The standard InChI is InChI=1S/C16H15NO2/c1-19-13-6-4-10-2-3-11-8-12(17)5-7-14(11)16(18)15(10)9-13/h4-9H,2-3,17H2,1H3. The zero-order chi connectivity index (χ0) is 13.4. The molecule has 3 heteroatoms. The largest absolute Gasteiger partial charge is 0.497 e. The fourth-order valence-electron chi connectivity index (χ4n) is 2.57. The topological polar surface area (TPSA) is 52.3 Å². The number of carbonyl (C=O) groups is 1. The maximum absolute atomic E-state index is 12.6. The molecule has 3 rings (SSSR count). The van der Waals surface area contributed by atoms with Crippen molar-refractivity contribution >= 4 is 11.5 Å². The Morgan fingerprint density at radius 1 is 1.00 bits per heavy atom. The molecule has 0 unspecified atom stereocenters. The van der Waals surface area contributed by atoms with Crippen molar-refractivity contribution < 1.29 is 9.53 Å². The summed E-state index contributed by atoms with van der Waals surface area (Å²) in [5.41, 5.74) is 10.1. The van der Waals surface area contributed by atoms with E-state index in [0.29, 0.717) is 11.4 Å². The molecule has 0 amide bonds. The van der Waals surface area contributed by atoms with Gasteiger partial charge in [-0.2, -0.15) is 0 Å². The van der Waals surface area contributed by atoms with Crippen molar-refractivity contribution in [2.75, 3.05) is 12.8 Å². The van der Waals surface area contributed by atoms with Gasteiger partial charge < -0.3 is 10.5 Å². The molecule has 3 nitrogen and oxygen atoms in total. The molecule has 0 aliphatic heterocycles. The highest BCUT2D eigenvalue weighted by atomic mass is 16.5. The number of hydrogen-bond donors (Lipinski definition) is 1. The lowest BCUT2D eigenvalue weighted by Gasteiger charge is -2.07. The van der Waals surface area contributed by atoms with Gasteiger partial charge in [0.05, 0.1) is 7.11 Å². The lowest BCUT2D eigenvalue weighted by molar-refractivity contribution is 0.103. The highest BCUT2D eigenvalue weighted by Crippen LogP contribution is 2.28. The molecular weight excluding hydrogens is 238 g/mol. The van der Waals surface area contributed by atoms with Crippen LogP contribution in [-0.4, -0.2) is 12.9 Å². The number of benzene rings is 2. The second kappa shape index (κ2) is 4.43. The van der Waals surface area contributed by atoms with E-state index in [-0.39, 0.29) is 5.78 Å². The Balaban J connectivity index is 2.16. The van der Waals surface area contributed by atoms with Gasteiger partial charge in [0.1, 0.15) is 5.75 Å². The minimum atomic E-state index is 0.0569. The molecule has 1 aliphatic rings. The number of anilines is 1. The van der Waals surface area contributed by atoms with Gasteiger partial charge in [-0.15, -0.1) is 0 Å². The minimum Gasteiger partial charge on any atom is -0.497 e. The van der Waals surface area contributed by atoms with Crippen LogP contribution in [0.1, 0.15) is 27.0 Å². The summed E-state index contributed by atoms with van der Waals surface area (Å²) >= 11 is 0. The minimum absolute atomic E-state index is 0.0569. The number of hydrogen-bond acceptors (Lipinski definition) is 3. The van der Waals surface area contributed by atoms with Crippen molar-refractivity contribution in [2.24, 2.45) is 0 Å². The first kappa shape index (κ1) is 11.8. The molecule has 0 saturated heterocycles. The normalized spacial score (nSPS) is 13.4. The number of nitrogen functional groups attached to an aromatic ring is 1. The van der Waals surface area contributed by atoms with Crippen molar-refractivity contribution in [1.29, 1.82) is 0 Å². The Morgan fingerprint density at radius 3 is 2.58 bits per heavy atom. The molecule has 0 radical (unpaired) electrons. The summed E-state index contributed by atoms with van der Waals surface area (Å²) in [7, 11) is 1.61. The highest BCUT2D eigenvalue weighted by molar-refractivity contribution is 6.11. The molecule has 96 valence electrons. The monoisotopic (exact) mass is 253 g/mol. The van der Waals surface area contributed by atoms with Crippen molar-refractivity contribution in [3.63, 3.8) is 0 Å². The number of rotatable bonds is 1. The summed E-state index contributed by atoms with van der Waals surface area (Å²) in [6, 6.07) is 11.2. The lowest BCUT2D eigenvalue weighted by atomic mass is 9.98. The molecule has 0 bridgehead atoms. The first-order chi connectivity index (χ1) is 9.19. The maximum Gasteiger partial charge on any atom is 0.193 e. The van der Waals surface area contributed by atoms with E-state index < -0.39 is 0 Å². The molecule has 19 heavy (non-hydrogen) atoms. The molecule has 0 fully saturated rings. The number of aryl methyl sites for hydroxylation is 2. The van der Waals surface area contributed by atoms with Gasteiger partial charge in [0.15, 0.2) is 5.78 Å². The van der Waals surface area contributed by atoms with Crippen LogP contribution in [0, 0.1) is 0 Å². The van der Waals surface area contributed by atoms with Gasteiger partial charge in [-0.05, 0) is 54.3 Å². The SMILES string of the molecule is COc1ccc2c(c1)C(=O)c1ccc(N)cc1CC2. The third-order valence-electron chi connectivity index (χ3n) is 3.60. The van der Waals surface area contributed by atoms with Gasteiger partial charge >= 0.3 is 0 Å². The first-order valence-corrected chi connectivity index (χ1v) is 6.29. The Bertz CT molecular complexity index is 662. The van der Waals surface area contributed by atoms with E-state index in [1.54, 1.807) is 13.2 Å². The van der Waals surface area contributed by atoms with E-state index >= 15 is 0 Å². The molecule has 0 spiro atoms. The lowest BCUT2D eigenvalue weighted by Crippen LogP contribution is -2.05. The Kier molecular flexibility index (Phi) is 2.75. The van der Waals surface area contributed by atoms with Gasteiger partial charge in [0.2, 0.25) is 0 Å². The van der Waals surface area contributed by atoms with Gasteiger partial charge in [-0.25, -0.2) is 0 Å². The fraction of sp³-hybridized carbons (Fsp3) is 0.188. The van der Waals surface area contributed by atoms with Crippen LogP contribution in [-0.2, 0) is 12.8 Å². The molecule has 1 aliphatic carbocycles. The van der Waals surface area contributed by atoms with Crippen LogP contribution in [0.25, 0.3) is 0 Å². The van der Waals surface area contributed by atoms with E-state index in [0.717, 1.165) is 35.1 Å². The van der Waals surface area contributed by atoms with E-state index in [1.165, 1.54) is 0 Å². The quantitative estimate of drug-likeness (QED) is 0.795. The average molecular weight is 253 g/mol. The number of carbonyl (C=O) groups excluding carboxylic acids is 1. The van der Waals surface area contributed by atoms with E-state index in [1.807, 2.05) is 30.3 Å². The molecule has 0 saturated carbocycles. The summed E-state index contributed by atoms with van der Waals surface area (Å²) in [5.74, 6) is 0.771. The van der Waals surface area contributed by atoms with Gasteiger partial charge in [-0.1, -0.05) is 6.07 Å². The number of methoxy groups -OCH3 is 1. The van der Waals surface area contributed by atoms with Gasteiger partial charge in [0.25, 0.3) is 0 Å².